The molecule has 0 amide bonds. The fourth-order valence-corrected chi connectivity index (χ4v) is 1.90. The van der Waals surface area contributed by atoms with Crippen LogP contribution in [0.15, 0.2) is 18.2 Å². The molecule has 0 aromatic heterocycles. The van der Waals surface area contributed by atoms with E-state index in [-0.39, 0.29) is 5.69 Å². The molecule has 1 rings (SSSR count). The molecule has 0 spiro atoms. The van der Waals surface area contributed by atoms with Gasteiger partial charge in [0.1, 0.15) is 0 Å². The van der Waals surface area contributed by atoms with Crippen molar-refractivity contribution < 1.29 is 14.8 Å². The van der Waals surface area contributed by atoms with Gasteiger partial charge in [-0.1, -0.05) is 6.07 Å². The van der Waals surface area contributed by atoms with E-state index in [1.807, 2.05) is 0 Å². The van der Waals surface area contributed by atoms with E-state index in [9.17, 15) is 14.9 Å². The van der Waals surface area contributed by atoms with Crippen LogP contribution in [0, 0.1) is 24.0 Å². The molecule has 0 saturated carbocycles. The van der Waals surface area contributed by atoms with Crippen LogP contribution in [0.3, 0.4) is 0 Å². The van der Waals surface area contributed by atoms with Gasteiger partial charge < -0.3 is 5.11 Å². The number of nitro benzene ring substituents is 1. The summed E-state index contributed by atoms with van der Waals surface area (Å²) in [6, 6.07) is 3.06. The highest BCUT2D eigenvalue weighted by molar-refractivity contribution is 5.90. The molecule has 0 aliphatic rings. The van der Waals surface area contributed by atoms with Gasteiger partial charge in [0, 0.05) is 17.7 Å². The Kier molecular flexibility index (Phi) is 3.62. The van der Waals surface area contributed by atoms with Crippen molar-refractivity contribution in [3.63, 3.8) is 0 Å². The van der Waals surface area contributed by atoms with Crippen molar-refractivity contribution in [3.8, 4) is 0 Å². The highest BCUT2D eigenvalue weighted by Gasteiger charge is 2.16. The standard InChI is InChI=1S/C12H13NO4/c1-7-4-5-10(13(16)17)9(3)12(7)8(2)6-11(14)15/h4-6H,1-3H3,(H,14,15)/b8-6+. The second-order valence-corrected chi connectivity index (χ2v) is 3.82. The molecule has 0 atom stereocenters. The number of carbonyl (C=O) groups is 1. The highest BCUT2D eigenvalue weighted by Crippen LogP contribution is 2.29. The van der Waals surface area contributed by atoms with Crippen molar-refractivity contribution in [1.82, 2.24) is 0 Å². The fourth-order valence-electron chi connectivity index (χ4n) is 1.90. The predicted molar refractivity (Wildman–Crippen MR) is 63.9 cm³/mol. The number of carboxylic acid groups (broad SMARTS) is 1. The molecule has 1 N–H and O–H groups in total. The number of nitro groups is 1. The van der Waals surface area contributed by atoms with Crippen LogP contribution in [0.1, 0.15) is 23.6 Å². The Morgan fingerprint density at radius 2 is 2.00 bits per heavy atom. The summed E-state index contributed by atoms with van der Waals surface area (Å²) in [5.41, 5.74) is 2.45. The van der Waals surface area contributed by atoms with Crippen molar-refractivity contribution in [1.29, 1.82) is 0 Å². The number of aryl methyl sites for hydroxylation is 1. The molecular weight excluding hydrogens is 222 g/mol. The zero-order valence-electron chi connectivity index (χ0n) is 9.85. The molecule has 90 valence electrons. The van der Waals surface area contributed by atoms with Crippen LogP contribution in [-0.2, 0) is 4.79 Å². The number of allylic oxidation sites excluding steroid dienone is 1. The van der Waals surface area contributed by atoms with Gasteiger partial charge in [0.2, 0.25) is 0 Å². The highest BCUT2D eigenvalue weighted by atomic mass is 16.6. The van der Waals surface area contributed by atoms with E-state index in [2.05, 4.69) is 0 Å². The van der Waals surface area contributed by atoms with Gasteiger partial charge in [-0.25, -0.2) is 4.79 Å². The van der Waals surface area contributed by atoms with E-state index >= 15 is 0 Å². The van der Waals surface area contributed by atoms with Gasteiger partial charge in [0.05, 0.1) is 4.92 Å². The van der Waals surface area contributed by atoms with Crippen molar-refractivity contribution >= 4 is 17.2 Å². The Hall–Kier alpha value is -2.17. The largest absolute Gasteiger partial charge is 0.478 e. The third-order valence-corrected chi connectivity index (χ3v) is 2.58. The predicted octanol–water partition coefficient (Wildman–Crippen LogP) is 2.70. The molecule has 5 nitrogen and oxygen atoms in total. The molecule has 0 heterocycles. The molecular formula is C12H13NO4. The lowest BCUT2D eigenvalue weighted by atomic mass is 9.95. The third-order valence-electron chi connectivity index (χ3n) is 2.58. The number of rotatable bonds is 3. The number of aliphatic carboxylic acids is 1. The molecule has 0 aliphatic carbocycles. The van der Waals surface area contributed by atoms with Gasteiger partial charge in [-0.15, -0.1) is 0 Å². The molecule has 0 fully saturated rings. The first-order valence-corrected chi connectivity index (χ1v) is 5.00. The first-order chi connectivity index (χ1) is 7.84. The van der Waals surface area contributed by atoms with Crippen molar-refractivity contribution in [3.05, 3.63) is 45.0 Å². The molecule has 1 aromatic carbocycles. The molecule has 0 radical (unpaired) electrons. The maximum Gasteiger partial charge on any atom is 0.328 e. The van der Waals surface area contributed by atoms with Crippen molar-refractivity contribution in [2.24, 2.45) is 0 Å². The summed E-state index contributed by atoms with van der Waals surface area (Å²) >= 11 is 0. The maximum atomic E-state index is 10.8. The van der Waals surface area contributed by atoms with E-state index in [4.69, 9.17) is 5.11 Å². The number of nitrogens with zero attached hydrogens (tertiary/aromatic N) is 1. The van der Waals surface area contributed by atoms with Crippen LogP contribution in [-0.4, -0.2) is 16.0 Å². The van der Waals surface area contributed by atoms with Gasteiger partial charge in [-0.2, -0.15) is 0 Å². The molecule has 0 aliphatic heterocycles. The zero-order valence-corrected chi connectivity index (χ0v) is 9.85. The van der Waals surface area contributed by atoms with Gasteiger partial charge in [0.15, 0.2) is 0 Å². The van der Waals surface area contributed by atoms with Crippen LogP contribution < -0.4 is 0 Å². The summed E-state index contributed by atoms with van der Waals surface area (Å²) in [4.78, 5) is 20.9. The quantitative estimate of drug-likeness (QED) is 0.496. The Morgan fingerprint density at radius 3 is 2.47 bits per heavy atom. The average molecular weight is 235 g/mol. The number of carboxylic acids is 1. The third kappa shape index (κ3) is 2.69. The van der Waals surface area contributed by atoms with E-state index < -0.39 is 10.9 Å². The van der Waals surface area contributed by atoms with E-state index in [0.29, 0.717) is 16.7 Å². The van der Waals surface area contributed by atoms with E-state index in [1.54, 1.807) is 26.8 Å². The second-order valence-electron chi connectivity index (χ2n) is 3.82. The summed E-state index contributed by atoms with van der Waals surface area (Å²) < 4.78 is 0. The summed E-state index contributed by atoms with van der Waals surface area (Å²) in [6.45, 7) is 5.05. The van der Waals surface area contributed by atoms with E-state index in [0.717, 1.165) is 11.6 Å². The van der Waals surface area contributed by atoms with Gasteiger partial charge in [0.25, 0.3) is 5.69 Å². The van der Waals surface area contributed by atoms with Gasteiger partial charge in [-0.05, 0) is 37.5 Å². The summed E-state index contributed by atoms with van der Waals surface area (Å²) in [5.74, 6) is -1.06. The SMILES string of the molecule is C/C(=C\C(=O)O)c1c(C)ccc([N+](=O)[O-])c1C. The molecule has 17 heavy (non-hydrogen) atoms. The molecule has 0 unspecified atom stereocenters. The monoisotopic (exact) mass is 235 g/mol. The van der Waals surface area contributed by atoms with Gasteiger partial charge >= 0.3 is 5.97 Å². The molecule has 0 bridgehead atoms. The summed E-state index contributed by atoms with van der Waals surface area (Å²) in [7, 11) is 0. The number of hydrogen-bond acceptors (Lipinski definition) is 3. The van der Waals surface area contributed by atoms with Crippen LogP contribution in [0.2, 0.25) is 0 Å². The van der Waals surface area contributed by atoms with Crippen LogP contribution in [0.4, 0.5) is 5.69 Å². The Balaban J connectivity index is 3.47. The average Bonchev–Trinajstić information content (AvgIpc) is 2.15. The Bertz CT molecular complexity index is 517. The topological polar surface area (TPSA) is 80.4 Å². The summed E-state index contributed by atoms with van der Waals surface area (Å²) in [5, 5.41) is 19.5. The minimum atomic E-state index is -1.06. The van der Waals surface area contributed by atoms with Crippen LogP contribution in [0.25, 0.3) is 5.57 Å². The van der Waals surface area contributed by atoms with Crippen LogP contribution in [0.5, 0.6) is 0 Å². The first-order valence-electron chi connectivity index (χ1n) is 5.00. The molecule has 0 saturated heterocycles. The molecule has 5 heteroatoms. The smallest absolute Gasteiger partial charge is 0.328 e. The van der Waals surface area contributed by atoms with Gasteiger partial charge in [-0.3, -0.25) is 10.1 Å². The number of benzene rings is 1. The zero-order chi connectivity index (χ0) is 13.2. The maximum absolute atomic E-state index is 10.8. The van der Waals surface area contributed by atoms with E-state index in [1.165, 1.54) is 6.07 Å². The summed E-state index contributed by atoms with van der Waals surface area (Å²) in [6.07, 6.45) is 1.05. The minimum absolute atomic E-state index is 0.00346. The lowest BCUT2D eigenvalue weighted by Crippen LogP contribution is -1.99. The number of hydrogen-bond donors (Lipinski definition) is 1. The van der Waals surface area contributed by atoms with Crippen molar-refractivity contribution in [2.45, 2.75) is 20.8 Å². The normalized spacial score (nSPS) is 11.4. The lowest BCUT2D eigenvalue weighted by Gasteiger charge is -2.10. The molecule has 1 aromatic rings. The fraction of sp³-hybridized carbons (Fsp3) is 0.250. The Morgan fingerprint density at radius 1 is 1.41 bits per heavy atom. The van der Waals surface area contributed by atoms with Crippen LogP contribution >= 0.6 is 0 Å². The van der Waals surface area contributed by atoms with Crippen molar-refractivity contribution in [2.75, 3.05) is 0 Å². The Labute approximate surface area is 98.5 Å². The second kappa shape index (κ2) is 4.78. The lowest BCUT2D eigenvalue weighted by molar-refractivity contribution is -0.385. The minimum Gasteiger partial charge on any atom is -0.478 e. The first kappa shape index (κ1) is 12.9.